The number of pyridine rings is 1. The fraction of sp³-hybridized carbons (Fsp3) is 0.148. The second-order valence-corrected chi connectivity index (χ2v) is 8.28. The van der Waals surface area contributed by atoms with Crippen LogP contribution in [0.3, 0.4) is 0 Å². The SMILES string of the molecule is CC(C)COc1ccc(/C=c2\[nH]c(=O)/c(=C/c3cccc(Oc4ccc(F)cc4)c3)[nH]c2=O)nc1. The molecule has 8 heteroatoms. The third-order valence-electron chi connectivity index (χ3n) is 4.84. The molecule has 4 aromatic rings. The van der Waals surface area contributed by atoms with Gasteiger partial charge < -0.3 is 19.4 Å². The number of H-pyrrole nitrogens is 2. The molecule has 7 nitrogen and oxygen atoms in total. The van der Waals surface area contributed by atoms with E-state index in [1.807, 2.05) is 0 Å². The van der Waals surface area contributed by atoms with Crippen LogP contribution in [0.25, 0.3) is 12.2 Å². The summed E-state index contributed by atoms with van der Waals surface area (Å²) in [5, 5.41) is 0.181. The van der Waals surface area contributed by atoms with Crippen molar-refractivity contribution < 1.29 is 13.9 Å². The predicted molar refractivity (Wildman–Crippen MR) is 132 cm³/mol. The first-order valence-corrected chi connectivity index (χ1v) is 11.0. The van der Waals surface area contributed by atoms with Crippen LogP contribution in [0.4, 0.5) is 4.39 Å². The van der Waals surface area contributed by atoms with E-state index in [-0.39, 0.29) is 16.5 Å². The quantitative estimate of drug-likeness (QED) is 0.430. The van der Waals surface area contributed by atoms with E-state index in [9.17, 15) is 14.0 Å². The summed E-state index contributed by atoms with van der Waals surface area (Å²) >= 11 is 0. The zero-order chi connectivity index (χ0) is 24.8. The molecule has 0 unspecified atom stereocenters. The summed E-state index contributed by atoms with van der Waals surface area (Å²) in [6.45, 7) is 4.69. The van der Waals surface area contributed by atoms with Crippen LogP contribution >= 0.6 is 0 Å². The van der Waals surface area contributed by atoms with Gasteiger partial charge in [-0.05, 0) is 72.2 Å². The van der Waals surface area contributed by atoms with Gasteiger partial charge in [0.25, 0.3) is 11.1 Å². The Balaban J connectivity index is 1.58. The first kappa shape index (κ1) is 23.7. The Labute approximate surface area is 200 Å². The second-order valence-electron chi connectivity index (χ2n) is 8.28. The van der Waals surface area contributed by atoms with Gasteiger partial charge in [0.1, 0.15) is 33.8 Å². The average molecular weight is 474 g/mol. The number of hydrogen-bond donors (Lipinski definition) is 2. The van der Waals surface area contributed by atoms with Crippen molar-refractivity contribution in [1.29, 1.82) is 0 Å². The third-order valence-corrected chi connectivity index (χ3v) is 4.84. The van der Waals surface area contributed by atoms with Crippen molar-refractivity contribution in [2.24, 2.45) is 5.92 Å². The number of nitrogens with one attached hydrogen (secondary N) is 2. The molecule has 4 rings (SSSR count). The monoisotopic (exact) mass is 473 g/mol. The number of benzene rings is 2. The molecule has 0 fully saturated rings. The molecule has 0 radical (unpaired) electrons. The van der Waals surface area contributed by atoms with E-state index in [2.05, 4.69) is 28.8 Å². The minimum Gasteiger partial charge on any atom is -0.492 e. The fourth-order valence-corrected chi connectivity index (χ4v) is 3.14. The maximum Gasteiger partial charge on any atom is 0.272 e. The molecule has 0 bridgehead atoms. The minimum absolute atomic E-state index is 0.0869. The summed E-state index contributed by atoms with van der Waals surface area (Å²) < 4.78 is 24.4. The zero-order valence-corrected chi connectivity index (χ0v) is 19.2. The van der Waals surface area contributed by atoms with Crippen LogP contribution < -0.4 is 31.3 Å². The molecule has 0 atom stereocenters. The molecule has 178 valence electrons. The highest BCUT2D eigenvalue weighted by Gasteiger charge is 2.02. The number of aromatic amines is 2. The molecule has 0 aliphatic rings. The summed E-state index contributed by atoms with van der Waals surface area (Å²) in [6, 6.07) is 16.1. The lowest BCUT2D eigenvalue weighted by atomic mass is 10.2. The Morgan fingerprint density at radius 2 is 1.57 bits per heavy atom. The minimum atomic E-state index is -0.462. The molecule has 2 heterocycles. The molecule has 35 heavy (non-hydrogen) atoms. The third kappa shape index (κ3) is 6.54. The van der Waals surface area contributed by atoms with E-state index in [1.165, 1.54) is 30.3 Å². The normalized spacial score (nSPS) is 12.2. The number of ether oxygens (including phenoxy) is 2. The summed E-state index contributed by atoms with van der Waals surface area (Å²) in [7, 11) is 0. The molecular formula is C27H24FN3O4. The van der Waals surface area contributed by atoms with E-state index in [1.54, 1.807) is 48.7 Å². The lowest BCUT2D eigenvalue weighted by Crippen LogP contribution is -2.46. The molecule has 0 saturated carbocycles. The van der Waals surface area contributed by atoms with Crippen LogP contribution in [0.2, 0.25) is 0 Å². The number of nitrogens with zero attached hydrogens (tertiary/aromatic N) is 1. The highest BCUT2D eigenvalue weighted by Crippen LogP contribution is 2.22. The van der Waals surface area contributed by atoms with Gasteiger partial charge in [-0.2, -0.15) is 0 Å². The van der Waals surface area contributed by atoms with E-state index in [4.69, 9.17) is 9.47 Å². The van der Waals surface area contributed by atoms with Gasteiger partial charge in [-0.15, -0.1) is 0 Å². The van der Waals surface area contributed by atoms with Gasteiger partial charge in [0.2, 0.25) is 0 Å². The summed E-state index contributed by atoms with van der Waals surface area (Å²) in [6.07, 6.45) is 4.61. The average Bonchev–Trinajstić information content (AvgIpc) is 2.83. The van der Waals surface area contributed by atoms with Crippen LogP contribution in [-0.2, 0) is 0 Å². The summed E-state index contributed by atoms with van der Waals surface area (Å²) in [4.78, 5) is 34.7. The van der Waals surface area contributed by atoms with E-state index in [0.717, 1.165) is 0 Å². The molecule has 2 aromatic heterocycles. The molecule has 0 saturated heterocycles. The van der Waals surface area contributed by atoms with Crippen molar-refractivity contribution in [3.8, 4) is 17.2 Å². The van der Waals surface area contributed by atoms with Crippen LogP contribution in [0.15, 0.2) is 76.4 Å². The maximum atomic E-state index is 13.1. The lowest BCUT2D eigenvalue weighted by molar-refractivity contribution is 0.270. The first-order valence-electron chi connectivity index (χ1n) is 11.0. The van der Waals surface area contributed by atoms with E-state index in [0.29, 0.717) is 41.0 Å². The maximum absolute atomic E-state index is 13.1. The van der Waals surface area contributed by atoms with Gasteiger partial charge in [0.05, 0.1) is 18.5 Å². The molecule has 0 spiro atoms. The van der Waals surface area contributed by atoms with Gasteiger partial charge >= 0.3 is 0 Å². The van der Waals surface area contributed by atoms with Crippen LogP contribution in [0.5, 0.6) is 17.2 Å². The predicted octanol–water partition coefficient (Wildman–Crippen LogP) is 3.08. The lowest BCUT2D eigenvalue weighted by Gasteiger charge is -2.07. The fourth-order valence-electron chi connectivity index (χ4n) is 3.14. The molecule has 0 aliphatic carbocycles. The standard InChI is InChI=1S/C27H24FN3O4/c1-17(2)16-34-23-11-8-20(29-15-23)14-25-27(33)30-24(26(32)31-25)13-18-4-3-5-22(12-18)35-21-9-6-19(28)7-10-21/h3-15,17H,16H2,1-2H3,(H,30,33)(H,31,32)/b24-13-,25-14-. The summed E-state index contributed by atoms with van der Waals surface area (Å²) in [5.74, 6) is 1.65. The highest BCUT2D eigenvalue weighted by molar-refractivity contribution is 5.51. The van der Waals surface area contributed by atoms with Crippen molar-refractivity contribution in [1.82, 2.24) is 15.0 Å². The number of rotatable bonds is 7. The second kappa shape index (κ2) is 10.6. The molecule has 0 amide bonds. The molecule has 0 aliphatic heterocycles. The zero-order valence-electron chi connectivity index (χ0n) is 19.2. The molecule has 2 N–H and O–H groups in total. The van der Waals surface area contributed by atoms with Crippen molar-refractivity contribution in [2.75, 3.05) is 6.61 Å². The topological polar surface area (TPSA) is 97.1 Å². The molecular weight excluding hydrogens is 449 g/mol. The van der Waals surface area contributed by atoms with Gasteiger partial charge in [-0.3, -0.25) is 14.6 Å². The van der Waals surface area contributed by atoms with E-state index < -0.39 is 11.1 Å². The molecule has 2 aromatic carbocycles. The number of hydrogen-bond acceptors (Lipinski definition) is 5. The van der Waals surface area contributed by atoms with Crippen LogP contribution in [-0.4, -0.2) is 21.6 Å². The van der Waals surface area contributed by atoms with Crippen molar-refractivity contribution in [3.05, 3.63) is 115 Å². The van der Waals surface area contributed by atoms with Crippen molar-refractivity contribution in [3.63, 3.8) is 0 Å². The Morgan fingerprint density at radius 3 is 2.23 bits per heavy atom. The number of aromatic nitrogens is 3. The van der Waals surface area contributed by atoms with Crippen LogP contribution in [0.1, 0.15) is 25.1 Å². The smallest absolute Gasteiger partial charge is 0.272 e. The highest BCUT2D eigenvalue weighted by atomic mass is 19.1. The van der Waals surface area contributed by atoms with Gasteiger partial charge in [0.15, 0.2) is 0 Å². The first-order chi connectivity index (χ1) is 16.9. The Bertz CT molecular complexity index is 1540. The van der Waals surface area contributed by atoms with Gasteiger partial charge in [-0.25, -0.2) is 4.39 Å². The number of halogens is 1. The Hall–Kier alpha value is -4.46. The van der Waals surface area contributed by atoms with Gasteiger partial charge in [-0.1, -0.05) is 26.0 Å². The largest absolute Gasteiger partial charge is 0.492 e. The van der Waals surface area contributed by atoms with Crippen molar-refractivity contribution in [2.45, 2.75) is 13.8 Å². The Kier molecular flexibility index (Phi) is 7.21. The van der Waals surface area contributed by atoms with E-state index >= 15 is 0 Å². The Morgan fingerprint density at radius 1 is 0.886 bits per heavy atom. The van der Waals surface area contributed by atoms with Gasteiger partial charge in [0, 0.05) is 0 Å². The van der Waals surface area contributed by atoms with Crippen molar-refractivity contribution >= 4 is 12.2 Å². The summed E-state index contributed by atoms with van der Waals surface area (Å²) in [5.41, 5.74) is 0.223. The van der Waals surface area contributed by atoms with Crippen LogP contribution in [0, 0.1) is 11.7 Å².